The third kappa shape index (κ3) is 1.10. The van der Waals surface area contributed by atoms with Crippen LogP contribution in [0.25, 0.3) is 10.9 Å². The van der Waals surface area contributed by atoms with Gasteiger partial charge in [-0.25, -0.2) is 9.37 Å². The Labute approximate surface area is 92.7 Å². The molecule has 1 aliphatic rings. The van der Waals surface area contributed by atoms with Gasteiger partial charge in [0.15, 0.2) is 0 Å². The Morgan fingerprint density at radius 2 is 2.25 bits per heavy atom. The molecule has 0 amide bonds. The first kappa shape index (κ1) is 9.39. The molecule has 0 atom stereocenters. The number of hydrogen-bond donors (Lipinski definition) is 1. The Hall–Kier alpha value is -1.84. The first-order chi connectivity index (χ1) is 7.68. The van der Waals surface area contributed by atoms with Crippen LogP contribution in [0.2, 0.25) is 0 Å². The first-order valence-corrected chi connectivity index (χ1v) is 5.26. The molecule has 0 fully saturated rings. The van der Waals surface area contributed by atoms with Crippen molar-refractivity contribution in [3.8, 4) is 0 Å². The molecule has 3 nitrogen and oxygen atoms in total. The van der Waals surface area contributed by atoms with Crippen LogP contribution in [0.1, 0.15) is 5.56 Å². The maximum absolute atomic E-state index is 13.7. The number of rotatable bonds is 0. The molecule has 16 heavy (non-hydrogen) atoms. The zero-order valence-corrected chi connectivity index (χ0v) is 9.00. The molecule has 0 aliphatic carbocycles. The summed E-state index contributed by atoms with van der Waals surface area (Å²) in [4.78, 5) is 6.52. The zero-order valence-electron chi connectivity index (χ0n) is 9.00. The van der Waals surface area contributed by atoms with Gasteiger partial charge in [0.2, 0.25) is 0 Å². The highest BCUT2D eigenvalue weighted by molar-refractivity contribution is 5.95. The Bertz CT molecular complexity index is 580. The molecule has 0 spiro atoms. The second-order valence-electron chi connectivity index (χ2n) is 4.13. The fourth-order valence-corrected chi connectivity index (χ4v) is 2.27. The molecule has 2 aromatic rings. The van der Waals surface area contributed by atoms with Crippen LogP contribution in [-0.2, 0) is 6.42 Å². The van der Waals surface area contributed by atoms with E-state index in [2.05, 4.69) is 9.88 Å². The summed E-state index contributed by atoms with van der Waals surface area (Å²) in [6, 6.07) is 4.87. The van der Waals surface area contributed by atoms with Gasteiger partial charge >= 0.3 is 0 Å². The summed E-state index contributed by atoms with van der Waals surface area (Å²) in [5, 5.41) is 0.455. The van der Waals surface area contributed by atoms with Crippen molar-refractivity contribution in [3.63, 3.8) is 0 Å². The van der Waals surface area contributed by atoms with Crippen molar-refractivity contribution in [2.24, 2.45) is 0 Å². The molecule has 2 heterocycles. The van der Waals surface area contributed by atoms with E-state index in [4.69, 9.17) is 5.73 Å². The molecule has 0 radical (unpaired) electrons. The van der Waals surface area contributed by atoms with E-state index in [0.29, 0.717) is 16.6 Å². The molecule has 1 aliphatic heterocycles. The zero-order chi connectivity index (χ0) is 11.3. The van der Waals surface area contributed by atoms with Gasteiger partial charge in [-0.1, -0.05) is 6.07 Å². The predicted molar refractivity (Wildman–Crippen MR) is 63.1 cm³/mol. The third-order valence-corrected chi connectivity index (χ3v) is 3.14. The molecule has 0 saturated carbocycles. The molecule has 3 rings (SSSR count). The molecule has 1 aromatic carbocycles. The van der Waals surface area contributed by atoms with Crippen LogP contribution < -0.4 is 10.6 Å². The monoisotopic (exact) mass is 217 g/mol. The number of aromatic nitrogens is 1. The van der Waals surface area contributed by atoms with Gasteiger partial charge in [0.25, 0.3) is 0 Å². The molecule has 82 valence electrons. The van der Waals surface area contributed by atoms with E-state index in [1.807, 2.05) is 7.05 Å². The van der Waals surface area contributed by atoms with Crippen LogP contribution in [0.3, 0.4) is 0 Å². The van der Waals surface area contributed by atoms with Crippen molar-refractivity contribution in [1.29, 1.82) is 0 Å². The lowest BCUT2D eigenvalue weighted by Gasteiger charge is -2.13. The summed E-state index contributed by atoms with van der Waals surface area (Å²) in [6.07, 6.45) is 0.842. The summed E-state index contributed by atoms with van der Waals surface area (Å²) >= 11 is 0. The minimum atomic E-state index is -0.292. The number of likely N-dealkylation sites (N-methyl/N-ethyl adjacent to an activating group) is 1. The van der Waals surface area contributed by atoms with E-state index in [-0.39, 0.29) is 5.82 Å². The highest BCUT2D eigenvalue weighted by atomic mass is 19.1. The first-order valence-electron chi connectivity index (χ1n) is 5.26. The molecule has 4 heteroatoms. The second kappa shape index (κ2) is 3.07. The van der Waals surface area contributed by atoms with Gasteiger partial charge < -0.3 is 10.6 Å². The van der Waals surface area contributed by atoms with Gasteiger partial charge in [-0.05, 0) is 18.6 Å². The maximum atomic E-state index is 13.7. The molecule has 1 aromatic heterocycles. The van der Waals surface area contributed by atoms with Gasteiger partial charge in [0.05, 0.1) is 16.6 Å². The fraction of sp³-hybridized carbons (Fsp3) is 0.250. The predicted octanol–water partition coefficient (Wildman–Crippen LogP) is 1.95. The van der Waals surface area contributed by atoms with Crippen LogP contribution in [-0.4, -0.2) is 18.6 Å². The molecule has 0 unspecified atom stereocenters. The summed E-state index contributed by atoms with van der Waals surface area (Å²) in [6.45, 7) is 0.893. The average Bonchev–Trinajstić information content (AvgIpc) is 2.61. The lowest BCUT2D eigenvalue weighted by Crippen LogP contribution is -2.13. The number of halogens is 1. The lowest BCUT2D eigenvalue weighted by atomic mass is 10.1. The van der Waals surface area contributed by atoms with Crippen molar-refractivity contribution < 1.29 is 4.39 Å². The highest BCUT2D eigenvalue weighted by Crippen LogP contribution is 2.35. The number of nitrogen functional groups attached to an aromatic ring is 1. The smallest absolute Gasteiger partial charge is 0.134 e. The number of nitrogens with zero attached hydrogens (tertiary/aromatic N) is 2. The van der Waals surface area contributed by atoms with E-state index in [9.17, 15) is 4.39 Å². The molecule has 2 N–H and O–H groups in total. The minimum absolute atomic E-state index is 0.292. The van der Waals surface area contributed by atoms with Gasteiger partial charge in [0.1, 0.15) is 11.6 Å². The Morgan fingerprint density at radius 3 is 3.06 bits per heavy atom. The van der Waals surface area contributed by atoms with Crippen molar-refractivity contribution >= 4 is 22.4 Å². The number of nitrogens with two attached hydrogens (primary N) is 1. The topological polar surface area (TPSA) is 42.2 Å². The quantitative estimate of drug-likeness (QED) is 0.733. The van der Waals surface area contributed by atoms with E-state index in [1.165, 1.54) is 6.07 Å². The normalized spacial score (nSPS) is 14.5. The van der Waals surface area contributed by atoms with E-state index in [0.717, 1.165) is 24.3 Å². The highest BCUT2D eigenvalue weighted by Gasteiger charge is 2.22. The summed E-state index contributed by atoms with van der Waals surface area (Å²) < 4.78 is 13.7. The summed E-state index contributed by atoms with van der Waals surface area (Å²) in [5.74, 6) is 0.593. The molecule has 0 saturated heterocycles. The van der Waals surface area contributed by atoms with Crippen LogP contribution in [0.4, 0.5) is 15.9 Å². The maximum Gasteiger partial charge on any atom is 0.134 e. The number of anilines is 2. The minimum Gasteiger partial charge on any atom is -0.398 e. The fourth-order valence-electron chi connectivity index (χ4n) is 2.27. The Morgan fingerprint density at radius 1 is 1.44 bits per heavy atom. The molecular weight excluding hydrogens is 205 g/mol. The second-order valence-corrected chi connectivity index (χ2v) is 4.13. The Balaban J connectivity index is 2.44. The Kier molecular flexibility index (Phi) is 1.80. The lowest BCUT2D eigenvalue weighted by molar-refractivity contribution is 0.640. The van der Waals surface area contributed by atoms with Crippen LogP contribution in [0.5, 0.6) is 0 Å². The number of fused-ring (bicyclic) bond motifs is 2. The molecular formula is C12H12FN3. The van der Waals surface area contributed by atoms with Gasteiger partial charge in [-0.3, -0.25) is 0 Å². The number of pyridine rings is 1. The van der Waals surface area contributed by atoms with Crippen LogP contribution >= 0.6 is 0 Å². The van der Waals surface area contributed by atoms with E-state index >= 15 is 0 Å². The summed E-state index contributed by atoms with van der Waals surface area (Å²) in [5.41, 5.74) is 8.17. The number of benzene rings is 1. The SMILES string of the molecule is CN1CCc2c1nc1cccc(F)c1c2N. The largest absolute Gasteiger partial charge is 0.398 e. The summed E-state index contributed by atoms with van der Waals surface area (Å²) in [7, 11) is 1.98. The van der Waals surface area contributed by atoms with E-state index in [1.54, 1.807) is 12.1 Å². The molecule has 0 bridgehead atoms. The van der Waals surface area contributed by atoms with Crippen molar-refractivity contribution in [2.45, 2.75) is 6.42 Å². The van der Waals surface area contributed by atoms with Crippen LogP contribution in [0.15, 0.2) is 18.2 Å². The van der Waals surface area contributed by atoms with E-state index < -0.39 is 0 Å². The average molecular weight is 217 g/mol. The third-order valence-electron chi connectivity index (χ3n) is 3.14. The van der Waals surface area contributed by atoms with Crippen molar-refractivity contribution in [3.05, 3.63) is 29.6 Å². The van der Waals surface area contributed by atoms with Crippen molar-refractivity contribution in [2.75, 3.05) is 24.2 Å². The van der Waals surface area contributed by atoms with Crippen molar-refractivity contribution in [1.82, 2.24) is 4.98 Å². The van der Waals surface area contributed by atoms with Gasteiger partial charge in [-0.2, -0.15) is 0 Å². The van der Waals surface area contributed by atoms with Gasteiger partial charge in [-0.15, -0.1) is 0 Å². The van der Waals surface area contributed by atoms with Crippen LogP contribution in [0, 0.1) is 5.82 Å². The van der Waals surface area contributed by atoms with Gasteiger partial charge in [0, 0.05) is 19.2 Å². The standard InChI is InChI=1S/C12H12FN3/c1-16-6-5-7-11(14)10-8(13)3-2-4-9(10)15-12(7)16/h2-4H,5-6H2,1H3,(H2,14,15). The number of hydrogen-bond acceptors (Lipinski definition) is 3.